The molecule has 0 amide bonds. The van der Waals surface area contributed by atoms with Gasteiger partial charge >= 0.3 is 72.7 Å². The van der Waals surface area contributed by atoms with Gasteiger partial charge in [-0.05, 0) is 0 Å². The van der Waals surface area contributed by atoms with Crippen LogP contribution in [-0.4, -0.2) is 14.6 Å². The molecular weight excluding hydrogens is 239 g/mol. The van der Waals surface area contributed by atoms with Gasteiger partial charge in [0.25, 0.3) is 0 Å². The first-order chi connectivity index (χ1) is 4.77. The van der Waals surface area contributed by atoms with E-state index in [1.54, 1.807) is 0 Å². The first kappa shape index (κ1) is 7.35. The Morgan fingerprint density at radius 1 is 1.40 bits per heavy atom. The van der Waals surface area contributed by atoms with Crippen LogP contribution in [0.1, 0.15) is 20.3 Å². The molecule has 0 bridgehead atoms. The average molecular weight is 253 g/mol. The molecule has 2 aliphatic heterocycles. The third-order valence-corrected chi connectivity index (χ3v) is 6.25. The molecule has 10 heavy (non-hydrogen) atoms. The summed E-state index contributed by atoms with van der Waals surface area (Å²) in [7, 11) is 0. The molecule has 0 radical (unpaired) electrons. The van der Waals surface area contributed by atoms with Crippen molar-refractivity contribution in [2.75, 3.05) is 6.61 Å². The third-order valence-electron chi connectivity index (χ3n) is 2.52. The van der Waals surface area contributed by atoms with E-state index in [0.29, 0.717) is 21.2 Å². The number of alkyl halides is 2. The van der Waals surface area contributed by atoms with Gasteiger partial charge in [0.15, 0.2) is 0 Å². The molecule has 1 nitrogen and oxygen atoms in total. The Morgan fingerprint density at radius 2 is 2.20 bits per heavy atom. The van der Waals surface area contributed by atoms with Crippen molar-refractivity contribution >= 4 is 0 Å². The monoisotopic (exact) mass is 253 g/mol. The minimum atomic E-state index is 0.386. The van der Waals surface area contributed by atoms with E-state index in [1.165, 1.54) is 6.42 Å². The summed E-state index contributed by atoms with van der Waals surface area (Å²) in [6, 6.07) is 0. The maximum atomic E-state index is 5.71. The molecule has 0 aromatic carbocycles. The second-order valence-corrected chi connectivity index (χ2v) is 7.54. The summed E-state index contributed by atoms with van der Waals surface area (Å²) in [5, 5.41) is 0. The second-order valence-electron chi connectivity index (χ2n) is 3.47. The summed E-state index contributed by atoms with van der Waals surface area (Å²) in [6.45, 7) is 5.77. The van der Waals surface area contributed by atoms with Crippen LogP contribution in [0.2, 0.25) is 0 Å². The van der Waals surface area contributed by atoms with Crippen molar-refractivity contribution in [3.05, 3.63) is 0 Å². The molecule has 0 aromatic rings. The van der Waals surface area contributed by atoms with Crippen LogP contribution in [0.25, 0.3) is 0 Å². The molecule has 0 saturated carbocycles. The van der Waals surface area contributed by atoms with Crippen molar-refractivity contribution in [3.63, 3.8) is 0 Å². The van der Waals surface area contributed by atoms with Crippen molar-refractivity contribution < 1.29 is 25.9 Å². The van der Waals surface area contributed by atoms with Crippen molar-refractivity contribution in [2.45, 2.75) is 28.3 Å². The van der Waals surface area contributed by atoms with Gasteiger partial charge in [0, 0.05) is 0 Å². The Morgan fingerprint density at radius 3 is 2.90 bits per heavy atom. The van der Waals surface area contributed by atoms with Gasteiger partial charge in [-0.1, -0.05) is 0 Å². The van der Waals surface area contributed by atoms with Gasteiger partial charge in [0.2, 0.25) is 0 Å². The predicted octanol–water partition coefficient (Wildman–Crippen LogP) is -1.52. The number of hydrogen-bond donors (Lipinski definition) is 0. The Balaban J connectivity index is 2.05. The van der Waals surface area contributed by atoms with Gasteiger partial charge in [-0.25, -0.2) is 0 Å². The zero-order valence-electron chi connectivity index (χ0n) is 6.51. The first-order valence-electron chi connectivity index (χ1n) is 4.01. The number of fused-ring (bicyclic) bond motifs is 1. The molecule has 60 valence electrons. The van der Waals surface area contributed by atoms with Gasteiger partial charge in [-0.3, -0.25) is 0 Å². The molecule has 4 unspecified atom stereocenters. The molecule has 2 fully saturated rings. The van der Waals surface area contributed by atoms with Gasteiger partial charge < -0.3 is 0 Å². The van der Waals surface area contributed by atoms with Gasteiger partial charge in [-0.2, -0.15) is 0 Å². The Kier molecular flexibility index (Phi) is 1.93. The van der Waals surface area contributed by atoms with E-state index in [4.69, 9.17) is 4.74 Å². The van der Waals surface area contributed by atoms with Crippen molar-refractivity contribution in [1.29, 1.82) is 0 Å². The summed E-state index contributed by atoms with van der Waals surface area (Å²) in [5.41, 5.74) is 0. The standard InChI is InChI=1S/C8H14IO/c1-5-4-10-8-7(5)3-6(2)9-8/h5-8H,3-4H2,1-2H3/q-1. The van der Waals surface area contributed by atoms with Gasteiger partial charge in [0.05, 0.1) is 0 Å². The molecule has 0 spiro atoms. The number of halogens is 1. The van der Waals surface area contributed by atoms with Crippen LogP contribution in [0.5, 0.6) is 0 Å². The molecule has 4 atom stereocenters. The first-order valence-corrected chi connectivity index (χ1v) is 6.50. The number of rotatable bonds is 0. The van der Waals surface area contributed by atoms with E-state index in [2.05, 4.69) is 13.8 Å². The van der Waals surface area contributed by atoms with E-state index in [-0.39, 0.29) is 0 Å². The van der Waals surface area contributed by atoms with E-state index in [9.17, 15) is 0 Å². The average Bonchev–Trinajstić information content (AvgIpc) is 2.35. The van der Waals surface area contributed by atoms with Crippen LogP contribution in [0.15, 0.2) is 0 Å². The molecule has 0 aliphatic carbocycles. The van der Waals surface area contributed by atoms with Crippen LogP contribution in [0.4, 0.5) is 0 Å². The molecular formula is C8H14IO-. The normalized spacial score (nSPS) is 54.2. The van der Waals surface area contributed by atoms with Crippen LogP contribution in [0.3, 0.4) is 0 Å². The summed E-state index contributed by atoms with van der Waals surface area (Å²) >= 11 is 0.386. The van der Waals surface area contributed by atoms with Crippen molar-refractivity contribution in [1.82, 2.24) is 0 Å². The van der Waals surface area contributed by atoms with Crippen LogP contribution in [-0.2, 0) is 4.74 Å². The molecule has 2 heterocycles. The van der Waals surface area contributed by atoms with Crippen molar-refractivity contribution in [3.8, 4) is 0 Å². The minimum absolute atomic E-state index is 0.386. The Hall–Kier alpha value is 0.690. The fraction of sp³-hybridized carbons (Fsp3) is 1.00. The van der Waals surface area contributed by atoms with Crippen molar-refractivity contribution in [2.24, 2.45) is 11.8 Å². The maximum absolute atomic E-state index is 5.71. The summed E-state index contributed by atoms with van der Waals surface area (Å²) < 4.78 is 7.47. The van der Waals surface area contributed by atoms with Crippen LogP contribution < -0.4 is 21.2 Å². The van der Waals surface area contributed by atoms with Crippen LogP contribution in [0, 0.1) is 11.8 Å². The number of hydrogen-bond acceptors (Lipinski definition) is 1. The Bertz CT molecular complexity index is 137. The van der Waals surface area contributed by atoms with E-state index < -0.39 is 0 Å². The quantitative estimate of drug-likeness (QED) is 0.376. The summed E-state index contributed by atoms with van der Waals surface area (Å²) in [6.07, 6.45) is 1.46. The van der Waals surface area contributed by atoms with E-state index in [0.717, 1.165) is 26.5 Å². The summed E-state index contributed by atoms with van der Waals surface area (Å²) in [5.74, 6) is 1.80. The SMILES string of the molecule is CC1CC2C(C)COC2[I-]1. The topological polar surface area (TPSA) is 9.23 Å². The van der Waals surface area contributed by atoms with Gasteiger partial charge in [0.1, 0.15) is 0 Å². The molecule has 2 aliphatic rings. The fourth-order valence-corrected chi connectivity index (χ4v) is 5.90. The van der Waals surface area contributed by atoms with Gasteiger partial charge in [-0.15, -0.1) is 0 Å². The zero-order chi connectivity index (χ0) is 7.14. The molecule has 2 heteroatoms. The molecule has 0 aromatic heterocycles. The predicted molar refractivity (Wildman–Crippen MR) is 36.5 cm³/mol. The fourth-order valence-electron chi connectivity index (χ4n) is 1.86. The van der Waals surface area contributed by atoms with E-state index >= 15 is 0 Å². The molecule has 0 N–H and O–H groups in total. The molecule has 2 saturated heterocycles. The summed E-state index contributed by atoms with van der Waals surface area (Å²) in [4.78, 5) is 0. The molecule has 2 rings (SSSR count). The van der Waals surface area contributed by atoms with Crippen LogP contribution >= 0.6 is 0 Å². The Labute approximate surface area is 72.8 Å². The third kappa shape index (κ3) is 1.09. The van der Waals surface area contributed by atoms with E-state index in [1.807, 2.05) is 0 Å². The second kappa shape index (κ2) is 2.63. The number of ether oxygens (including phenoxy) is 1. The zero-order valence-corrected chi connectivity index (χ0v) is 8.67.